The third kappa shape index (κ3) is 6.36. The molecular formula is C21H21N3O5. The number of carbonyl (C=O) groups is 3. The Hall–Kier alpha value is -3.86. The van der Waals surface area contributed by atoms with Gasteiger partial charge in [0.15, 0.2) is 0 Å². The number of aromatic hydroxyl groups is 1. The molecule has 8 heteroatoms. The van der Waals surface area contributed by atoms with Crippen LogP contribution in [-0.2, 0) is 16.0 Å². The first-order valence-corrected chi connectivity index (χ1v) is 8.73. The molecule has 0 aliphatic carbocycles. The number of hydrogen-bond acceptors (Lipinski definition) is 6. The molecule has 0 aliphatic rings. The van der Waals surface area contributed by atoms with Gasteiger partial charge in [0.05, 0.1) is 12.0 Å². The van der Waals surface area contributed by atoms with E-state index >= 15 is 0 Å². The van der Waals surface area contributed by atoms with Crippen molar-refractivity contribution in [2.75, 3.05) is 5.32 Å². The Balaban J connectivity index is 2.11. The van der Waals surface area contributed by atoms with E-state index in [0.29, 0.717) is 11.3 Å². The molecule has 2 rings (SSSR count). The molecule has 2 aromatic carbocycles. The predicted octanol–water partition coefficient (Wildman–Crippen LogP) is 2.74. The summed E-state index contributed by atoms with van der Waals surface area (Å²) in [5.41, 5.74) is 0.633. The first kappa shape index (κ1) is 21.4. The summed E-state index contributed by atoms with van der Waals surface area (Å²) < 4.78 is 4.24. The zero-order valence-corrected chi connectivity index (χ0v) is 16.3. The topological polar surface area (TPSA) is 129 Å². The lowest BCUT2D eigenvalue weighted by Gasteiger charge is -2.20. The standard InChI is InChI=1S/C21H21N3O5/c1-21(2,3)24-19(27)13-5-4-6-16(10-13)23-18(26)11-15-9-14(7-8-17(15)25)20(28)29-12-22/h4-10,25H,11H2,1-3H3,(H,23,26)(H,24,27). The van der Waals surface area contributed by atoms with Crippen LogP contribution >= 0.6 is 0 Å². The van der Waals surface area contributed by atoms with E-state index in [-0.39, 0.29) is 29.2 Å². The number of carbonyl (C=O) groups excluding carboxylic acids is 3. The highest BCUT2D eigenvalue weighted by Gasteiger charge is 2.17. The third-order valence-electron chi connectivity index (χ3n) is 3.70. The summed E-state index contributed by atoms with van der Waals surface area (Å²) in [5, 5.41) is 23.8. The Morgan fingerprint density at radius 1 is 1.10 bits per heavy atom. The molecular weight excluding hydrogens is 374 g/mol. The van der Waals surface area contributed by atoms with Crippen molar-refractivity contribution in [2.24, 2.45) is 0 Å². The van der Waals surface area contributed by atoms with Crippen LogP contribution in [0.1, 0.15) is 47.1 Å². The van der Waals surface area contributed by atoms with Gasteiger partial charge in [-0.1, -0.05) is 6.07 Å². The Labute approximate surface area is 168 Å². The highest BCUT2D eigenvalue weighted by atomic mass is 16.5. The van der Waals surface area contributed by atoms with Crippen molar-refractivity contribution in [3.05, 3.63) is 59.2 Å². The third-order valence-corrected chi connectivity index (χ3v) is 3.70. The molecule has 0 heterocycles. The summed E-state index contributed by atoms with van der Waals surface area (Å²) >= 11 is 0. The van der Waals surface area contributed by atoms with Gasteiger partial charge in [0, 0.05) is 22.4 Å². The Kier molecular flexibility index (Phi) is 6.57. The van der Waals surface area contributed by atoms with E-state index < -0.39 is 17.4 Å². The highest BCUT2D eigenvalue weighted by Crippen LogP contribution is 2.21. The zero-order valence-electron chi connectivity index (χ0n) is 16.3. The number of esters is 1. The lowest BCUT2D eigenvalue weighted by Crippen LogP contribution is -2.40. The van der Waals surface area contributed by atoms with Gasteiger partial charge < -0.3 is 20.5 Å². The van der Waals surface area contributed by atoms with Crippen LogP contribution in [0.2, 0.25) is 0 Å². The van der Waals surface area contributed by atoms with E-state index in [1.807, 2.05) is 20.8 Å². The molecule has 150 valence electrons. The maximum absolute atomic E-state index is 12.4. The summed E-state index contributed by atoms with van der Waals surface area (Å²) in [6, 6.07) is 10.3. The van der Waals surface area contributed by atoms with E-state index in [9.17, 15) is 19.5 Å². The summed E-state index contributed by atoms with van der Waals surface area (Å²) in [4.78, 5) is 36.2. The first-order valence-electron chi connectivity index (χ1n) is 8.73. The van der Waals surface area contributed by atoms with Gasteiger partial charge in [0.2, 0.25) is 5.91 Å². The molecule has 0 fully saturated rings. The number of benzene rings is 2. The van der Waals surface area contributed by atoms with E-state index in [4.69, 9.17) is 5.26 Å². The number of phenolic OH excluding ortho intramolecular Hbond substituents is 1. The number of nitrogens with one attached hydrogen (secondary N) is 2. The number of amides is 2. The van der Waals surface area contributed by atoms with Crippen molar-refractivity contribution < 1.29 is 24.2 Å². The van der Waals surface area contributed by atoms with Gasteiger partial charge in [-0.15, -0.1) is 5.26 Å². The second kappa shape index (κ2) is 8.89. The van der Waals surface area contributed by atoms with Crippen LogP contribution in [0.5, 0.6) is 5.75 Å². The van der Waals surface area contributed by atoms with Gasteiger partial charge in [-0.3, -0.25) is 9.59 Å². The number of nitrogens with zero attached hydrogens (tertiary/aromatic N) is 1. The van der Waals surface area contributed by atoms with E-state index in [1.54, 1.807) is 24.3 Å². The number of nitriles is 1. The minimum Gasteiger partial charge on any atom is -0.508 e. The van der Waals surface area contributed by atoms with E-state index in [0.717, 1.165) is 0 Å². The molecule has 8 nitrogen and oxygen atoms in total. The van der Waals surface area contributed by atoms with Crippen LogP contribution in [0.4, 0.5) is 5.69 Å². The molecule has 0 aliphatic heterocycles. The van der Waals surface area contributed by atoms with Crippen LogP contribution in [0, 0.1) is 11.5 Å². The lowest BCUT2D eigenvalue weighted by atomic mass is 10.1. The minimum atomic E-state index is -0.883. The lowest BCUT2D eigenvalue weighted by molar-refractivity contribution is -0.115. The molecule has 0 bridgehead atoms. The maximum Gasteiger partial charge on any atom is 0.353 e. The molecule has 0 saturated carbocycles. The molecule has 0 spiro atoms. The number of phenols is 1. The Morgan fingerprint density at radius 2 is 1.83 bits per heavy atom. The molecule has 0 unspecified atom stereocenters. The molecule has 0 atom stereocenters. The fourth-order valence-corrected chi connectivity index (χ4v) is 2.48. The van der Waals surface area contributed by atoms with Gasteiger partial charge in [0.1, 0.15) is 5.75 Å². The molecule has 0 aromatic heterocycles. The number of rotatable bonds is 5. The second-order valence-electron chi connectivity index (χ2n) is 7.33. The van der Waals surface area contributed by atoms with Crippen molar-refractivity contribution in [1.82, 2.24) is 5.32 Å². The van der Waals surface area contributed by atoms with Gasteiger partial charge in [-0.25, -0.2) is 4.79 Å². The maximum atomic E-state index is 12.4. The molecule has 0 saturated heterocycles. The minimum absolute atomic E-state index is 0.0352. The number of hydrogen-bond donors (Lipinski definition) is 3. The first-order chi connectivity index (χ1) is 13.6. The van der Waals surface area contributed by atoms with Crippen LogP contribution in [-0.4, -0.2) is 28.4 Å². The van der Waals surface area contributed by atoms with Crippen molar-refractivity contribution in [3.8, 4) is 12.0 Å². The quantitative estimate of drug-likeness (QED) is 0.527. The molecule has 2 aromatic rings. The molecule has 0 radical (unpaired) electrons. The average molecular weight is 395 g/mol. The van der Waals surface area contributed by atoms with Crippen molar-refractivity contribution in [2.45, 2.75) is 32.7 Å². The Bertz CT molecular complexity index is 987. The fraction of sp³-hybridized carbons (Fsp3) is 0.238. The van der Waals surface area contributed by atoms with Crippen LogP contribution < -0.4 is 10.6 Å². The normalized spacial score (nSPS) is 10.6. The number of ether oxygens (including phenoxy) is 1. The summed E-state index contributed by atoms with van der Waals surface area (Å²) in [5.74, 6) is -1.78. The van der Waals surface area contributed by atoms with Crippen LogP contribution in [0.3, 0.4) is 0 Å². The monoisotopic (exact) mass is 395 g/mol. The molecule has 29 heavy (non-hydrogen) atoms. The summed E-state index contributed by atoms with van der Waals surface area (Å²) in [6.07, 6.45) is 1.05. The molecule has 3 N–H and O–H groups in total. The fourth-order valence-electron chi connectivity index (χ4n) is 2.48. The van der Waals surface area contributed by atoms with Gasteiger partial charge in [-0.05, 0) is 57.2 Å². The predicted molar refractivity (Wildman–Crippen MR) is 105 cm³/mol. The van der Waals surface area contributed by atoms with Crippen molar-refractivity contribution in [3.63, 3.8) is 0 Å². The SMILES string of the molecule is CC(C)(C)NC(=O)c1cccc(NC(=O)Cc2cc(C(=O)OC#N)ccc2O)c1. The van der Waals surface area contributed by atoms with Gasteiger partial charge in [-0.2, -0.15) is 0 Å². The van der Waals surface area contributed by atoms with Crippen LogP contribution in [0.15, 0.2) is 42.5 Å². The molecule has 2 amide bonds. The van der Waals surface area contributed by atoms with Gasteiger partial charge in [0.25, 0.3) is 12.2 Å². The zero-order chi connectivity index (χ0) is 21.6. The summed E-state index contributed by atoms with van der Waals surface area (Å²) in [7, 11) is 0. The Morgan fingerprint density at radius 3 is 2.48 bits per heavy atom. The second-order valence-corrected chi connectivity index (χ2v) is 7.33. The largest absolute Gasteiger partial charge is 0.508 e. The van der Waals surface area contributed by atoms with Crippen molar-refractivity contribution in [1.29, 1.82) is 5.26 Å². The van der Waals surface area contributed by atoms with Gasteiger partial charge >= 0.3 is 5.97 Å². The van der Waals surface area contributed by atoms with E-state index in [2.05, 4.69) is 15.4 Å². The van der Waals surface area contributed by atoms with Crippen molar-refractivity contribution >= 4 is 23.5 Å². The van der Waals surface area contributed by atoms with E-state index in [1.165, 1.54) is 24.5 Å². The number of anilines is 1. The smallest absolute Gasteiger partial charge is 0.353 e. The highest BCUT2D eigenvalue weighted by molar-refractivity contribution is 5.98. The summed E-state index contributed by atoms with van der Waals surface area (Å²) in [6.45, 7) is 5.59. The average Bonchev–Trinajstić information content (AvgIpc) is 2.62. The van der Waals surface area contributed by atoms with Crippen LogP contribution in [0.25, 0.3) is 0 Å².